The Hall–Kier alpha value is -1.36. The molecule has 3 aliphatic heterocycles. The largest absolute Gasteiger partial charge is 0.458 e. The third-order valence-corrected chi connectivity index (χ3v) is 13.2. The van der Waals surface area contributed by atoms with Gasteiger partial charge in [0.2, 0.25) is 0 Å². The van der Waals surface area contributed by atoms with Crippen molar-refractivity contribution in [3.05, 3.63) is 11.6 Å². The minimum Gasteiger partial charge on any atom is -0.458 e. The molecular weight excluding hydrogens is 540 g/mol. The van der Waals surface area contributed by atoms with Crippen LogP contribution in [0.3, 0.4) is 0 Å². The van der Waals surface area contributed by atoms with E-state index in [1.807, 2.05) is 20.8 Å². The number of rotatable bonds is 5. The molecule has 7 aliphatic rings. The summed E-state index contributed by atoms with van der Waals surface area (Å²) in [6, 6.07) is 0. The van der Waals surface area contributed by atoms with Crippen LogP contribution in [0.25, 0.3) is 0 Å². The molecule has 0 unspecified atom stereocenters. The highest BCUT2D eigenvalue weighted by Gasteiger charge is 2.71. The molecule has 0 aromatic heterocycles. The van der Waals surface area contributed by atoms with E-state index in [-0.39, 0.29) is 53.6 Å². The van der Waals surface area contributed by atoms with Gasteiger partial charge in [-0.25, -0.2) is 4.79 Å². The lowest BCUT2D eigenvalue weighted by Crippen LogP contribution is -2.69. The lowest BCUT2D eigenvalue weighted by molar-refractivity contribution is -0.278. The van der Waals surface area contributed by atoms with E-state index in [0.717, 1.165) is 37.5 Å². The number of hydrogen-bond acceptors (Lipinski definition) is 9. The quantitative estimate of drug-likeness (QED) is 0.279. The summed E-state index contributed by atoms with van der Waals surface area (Å²) in [5.41, 5.74) is -2.44. The fourth-order valence-corrected chi connectivity index (χ4v) is 10.8. The van der Waals surface area contributed by atoms with Crippen LogP contribution >= 0.6 is 0 Å². The van der Waals surface area contributed by atoms with E-state index in [0.29, 0.717) is 51.6 Å². The molecule has 4 saturated carbocycles. The van der Waals surface area contributed by atoms with Crippen molar-refractivity contribution in [2.24, 2.45) is 28.6 Å². The molecule has 9 nitrogen and oxygen atoms in total. The molecule has 0 aromatic rings. The summed E-state index contributed by atoms with van der Waals surface area (Å²) in [6.45, 7) is 8.49. The van der Waals surface area contributed by atoms with Gasteiger partial charge in [-0.2, -0.15) is 0 Å². The van der Waals surface area contributed by atoms with Gasteiger partial charge >= 0.3 is 5.97 Å². The number of esters is 1. The van der Waals surface area contributed by atoms with Crippen molar-refractivity contribution < 1.29 is 43.5 Å². The number of aliphatic hydroxyl groups is 2. The fraction of sp³-hybridized carbons (Fsp3) is 0.879. The van der Waals surface area contributed by atoms with Crippen LogP contribution in [0.15, 0.2) is 11.6 Å². The Morgan fingerprint density at radius 3 is 2.55 bits per heavy atom. The zero-order valence-corrected chi connectivity index (χ0v) is 25.5. The van der Waals surface area contributed by atoms with E-state index in [2.05, 4.69) is 6.92 Å². The molecule has 2 N–H and O–H groups in total. The van der Waals surface area contributed by atoms with Gasteiger partial charge in [-0.05, 0) is 95.0 Å². The number of ether oxygens (including phenoxy) is 5. The first-order valence-corrected chi connectivity index (χ1v) is 16.3. The number of carbonyl (C=O) groups is 2. The first-order valence-electron chi connectivity index (χ1n) is 16.3. The summed E-state index contributed by atoms with van der Waals surface area (Å²) in [5.74, 6) is -0.980. The second-order valence-electron chi connectivity index (χ2n) is 15.0. The Bertz CT molecular complexity index is 1160. The highest BCUT2D eigenvalue weighted by atomic mass is 16.8. The molecule has 0 aromatic carbocycles. The SMILES string of the molecule is CC[C@]1(C)O[C@@H]2[C@H](C[C@H](O[C@H]3CC[C@]4(C=O)[C@H]5CC[C@]6(C)[C@@H](C7=CC(=O)OC7)CC[C@]6(O)[C@@H]5CC[C@]4(O)C3)O[C@@H]2C)O1. The fourth-order valence-electron chi connectivity index (χ4n) is 10.8. The first-order chi connectivity index (χ1) is 19.9. The molecule has 0 bridgehead atoms. The van der Waals surface area contributed by atoms with Crippen LogP contribution in [0.5, 0.6) is 0 Å². The molecule has 0 spiro atoms. The molecule has 6 fully saturated rings. The van der Waals surface area contributed by atoms with Crippen molar-refractivity contribution in [2.45, 2.75) is 146 Å². The maximum absolute atomic E-state index is 13.1. The predicted molar refractivity (Wildman–Crippen MR) is 150 cm³/mol. The number of hydrogen-bond donors (Lipinski definition) is 2. The zero-order chi connectivity index (χ0) is 29.7. The van der Waals surface area contributed by atoms with Crippen LogP contribution in [0, 0.1) is 28.6 Å². The molecule has 3 heterocycles. The Labute approximate surface area is 248 Å². The van der Waals surface area contributed by atoms with Gasteiger partial charge in [-0.1, -0.05) is 13.8 Å². The summed E-state index contributed by atoms with van der Waals surface area (Å²) in [5, 5.41) is 24.7. The van der Waals surface area contributed by atoms with Crippen molar-refractivity contribution in [2.75, 3.05) is 6.61 Å². The van der Waals surface area contributed by atoms with E-state index in [4.69, 9.17) is 23.7 Å². The van der Waals surface area contributed by atoms with E-state index in [1.165, 1.54) is 0 Å². The monoisotopic (exact) mass is 588 g/mol. The summed E-state index contributed by atoms with van der Waals surface area (Å²) in [6.07, 6.45) is 8.56. The smallest absolute Gasteiger partial charge is 0.331 e. The van der Waals surface area contributed by atoms with E-state index >= 15 is 0 Å². The van der Waals surface area contributed by atoms with Crippen LogP contribution in [-0.2, 0) is 33.3 Å². The van der Waals surface area contributed by atoms with Gasteiger partial charge < -0.3 is 38.7 Å². The molecule has 42 heavy (non-hydrogen) atoms. The Kier molecular flexibility index (Phi) is 6.86. The number of cyclic esters (lactones) is 1. The normalized spacial score (nSPS) is 55.2. The van der Waals surface area contributed by atoms with Crippen LogP contribution < -0.4 is 0 Å². The second-order valence-corrected chi connectivity index (χ2v) is 15.0. The van der Waals surface area contributed by atoms with E-state index in [1.54, 1.807) is 6.08 Å². The topological polar surface area (TPSA) is 121 Å². The summed E-state index contributed by atoms with van der Waals surface area (Å²) in [4.78, 5) is 25.0. The van der Waals surface area contributed by atoms with Crippen molar-refractivity contribution in [3.63, 3.8) is 0 Å². The minimum atomic E-state index is -1.19. The van der Waals surface area contributed by atoms with Crippen LogP contribution in [0.1, 0.15) is 98.3 Å². The van der Waals surface area contributed by atoms with Crippen LogP contribution in [0.2, 0.25) is 0 Å². The maximum atomic E-state index is 13.1. The summed E-state index contributed by atoms with van der Waals surface area (Å²) >= 11 is 0. The molecule has 7 rings (SSSR count). The molecule has 2 saturated heterocycles. The third-order valence-electron chi connectivity index (χ3n) is 13.2. The van der Waals surface area contributed by atoms with Crippen molar-refractivity contribution in [1.29, 1.82) is 0 Å². The van der Waals surface area contributed by atoms with Gasteiger partial charge in [-0.15, -0.1) is 0 Å². The second kappa shape index (κ2) is 9.82. The zero-order valence-electron chi connectivity index (χ0n) is 25.5. The van der Waals surface area contributed by atoms with Gasteiger partial charge in [-0.3, -0.25) is 0 Å². The van der Waals surface area contributed by atoms with E-state index < -0.39 is 28.7 Å². The number of carbonyl (C=O) groups excluding carboxylic acids is 2. The van der Waals surface area contributed by atoms with Crippen LogP contribution in [0.4, 0.5) is 0 Å². The van der Waals surface area contributed by atoms with Crippen molar-refractivity contribution in [3.8, 4) is 0 Å². The van der Waals surface area contributed by atoms with Gasteiger partial charge in [0.15, 0.2) is 12.1 Å². The Morgan fingerprint density at radius 1 is 1.05 bits per heavy atom. The average molecular weight is 589 g/mol. The standard InChI is InChI=1S/C33H48O9/c1-5-30(4)41-25-15-27(39-19(2)28(25)42-30)40-21-6-11-31(18-34)23-7-10-29(3)22(20-14-26(35)38-17-20)9-13-33(29,37)24(23)8-12-32(31,36)16-21/h14,18-19,21-25,27-28,36-37H,5-13,15-17H2,1-4H3/t19-,21+,22-,23+,24-,25+,27+,28+,29-,30+,31+,32+,33+/m1/s1. The number of fused-ring (bicyclic) bond motifs is 6. The Balaban J connectivity index is 1.07. The van der Waals surface area contributed by atoms with Crippen LogP contribution in [-0.4, -0.2) is 76.8 Å². The highest BCUT2D eigenvalue weighted by molar-refractivity contribution is 5.85. The lowest BCUT2D eigenvalue weighted by atomic mass is 9.41. The van der Waals surface area contributed by atoms with Gasteiger partial charge in [0.05, 0.1) is 34.9 Å². The Morgan fingerprint density at radius 2 is 1.83 bits per heavy atom. The van der Waals surface area contributed by atoms with Gasteiger partial charge in [0.25, 0.3) is 0 Å². The van der Waals surface area contributed by atoms with Crippen molar-refractivity contribution in [1.82, 2.24) is 0 Å². The minimum absolute atomic E-state index is 0.0744. The molecule has 234 valence electrons. The lowest BCUT2D eigenvalue weighted by Gasteiger charge is -2.65. The predicted octanol–water partition coefficient (Wildman–Crippen LogP) is 3.97. The summed E-state index contributed by atoms with van der Waals surface area (Å²) < 4.78 is 30.4. The molecule has 4 aliphatic carbocycles. The molecule has 0 radical (unpaired) electrons. The molecule has 9 heteroatoms. The number of aldehydes is 1. The summed E-state index contributed by atoms with van der Waals surface area (Å²) in [7, 11) is 0. The molecule has 0 amide bonds. The average Bonchev–Trinajstić information content (AvgIpc) is 3.61. The molecular formula is C33H48O9. The molecule has 13 atom stereocenters. The maximum Gasteiger partial charge on any atom is 0.331 e. The van der Waals surface area contributed by atoms with Gasteiger partial charge in [0, 0.05) is 24.3 Å². The third kappa shape index (κ3) is 4.02. The van der Waals surface area contributed by atoms with Crippen molar-refractivity contribution >= 4 is 12.3 Å². The van der Waals surface area contributed by atoms with E-state index in [9.17, 15) is 19.8 Å². The highest BCUT2D eigenvalue weighted by Crippen LogP contribution is 2.70. The first kappa shape index (κ1) is 29.4. The van der Waals surface area contributed by atoms with Gasteiger partial charge in [0.1, 0.15) is 19.0 Å².